The molecule has 1 atom stereocenters. The van der Waals surface area contributed by atoms with Gasteiger partial charge in [-0.2, -0.15) is 0 Å². The van der Waals surface area contributed by atoms with E-state index in [-0.39, 0.29) is 5.91 Å². The number of piperazine rings is 1. The molecule has 0 aliphatic carbocycles. The van der Waals surface area contributed by atoms with Crippen molar-refractivity contribution in [1.29, 1.82) is 0 Å². The highest BCUT2D eigenvalue weighted by atomic mass is 16.5. The van der Waals surface area contributed by atoms with Crippen LogP contribution in [0, 0.1) is 5.92 Å². The first-order valence-electron chi connectivity index (χ1n) is 10.9. The fourth-order valence-corrected chi connectivity index (χ4v) is 3.62. The van der Waals surface area contributed by atoms with Crippen LogP contribution in [0.2, 0.25) is 0 Å². The number of rotatable bonds is 10. The van der Waals surface area contributed by atoms with E-state index in [1.807, 2.05) is 0 Å². The molecule has 2 saturated heterocycles. The lowest BCUT2D eigenvalue weighted by molar-refractivity contribution is -0.122. The number of nitrogens with zero attached hydrogens (tertiary/aromatic N) is 4. The molecule has 9 heteroatoms. The molecule has 0 spiro atoms. The molecule has 0 aromatic heterocycles. The van der Waals surface area contributed by atoms with Crippen LogP contribution < -0.4 is 10.6 Å². The zero-order valence-corrected chi connectivity index (χ0v) is 18.5. The van der Waals surface area contributed by atoms with Gasteiger partial charge >= 0.3 is 0 Å². The summed E-state index contributed by atoms with van der Waals surface area (Å²) in [6.45, 7) is 15.9. The van der Waals surface area contributed by atoms with Crippen LogP contribution in [0.4, 0.5) is 0 Å². The number of aliphatic imine (C=N–C) groups is 1. The Morgan fingerprint density at radius 2 is 1.83 bits per heavy atom. The normalized spacial score (nSPS) is 20.5. The zero-order valence-electron chi connectivity index (χ0n) is 18.5. The second-order valence-corrected chi connectivity index (χ2v) is 7.82. The van der Waals surface area contributed by atoms with Gasteiger partial charge in [-0.25, -0.2) is 0 Å². The Hall–Kier alpha value is -1.42. The Balaban J connectivity index is 1.74. The summed E-state index contributed by atoms with van der Waals surface area (Å²) in [6, 6.07) is 0. The summed E-state index contributed by atoms with van der Waals surface area (Å²) in [5.41, 5.74) is 0. The van der Waals surface area contributed by atoms with E-state index in [0.29, 0.717) is 25.6 Å². The first-order chi connectivity index (χ1) is 14.1. The summed E-state index contributed by atoms with van der Waals surface area (Å²) in [6.07, 6.45) is 0. The number of methoxy groups -OCH3 is 1. The van der Waals surface area contributed by atoms with Gasteiger partial charge in [0.1, 0.15) is 0 Å². The highest BCUT2D eigenvalue weighted by Crippen LogP contribution is 2.06. The number of hydrogen-bond donors (Lipinski definition) is 2. The van der Waals surface area contributed by atoms with E-state index >= 15 is 0 Å². The summed E-state index contributed by atoms with van der Waals surface area (Å²) in [5, 5.41) is 6.32. The van der Waals surface area contributed by atoms with Crippen molar-refractivity contribution in [2.75, 3.05) is 98.9 Å². The van der Waals surface area contributed by atoms with Crippen molar-refractivity contribution in [3.05, 3.63) is 0 Å². The van der Waals surface area contributed by atoms with E-state index in [0.717, 1.165) is 78.1 Å². The van der Waals surface area contributed by atoms with Crippen molar-refractivity contribution in [2.24, 2.45) is 10.9 Å². The Morgan fingerprint density at radius 3 is 2.48 bits per heavy atom. The van der Waals surface area contributed by atoms with Crippen LogP contribution in [0.15, 0.2) is 4.99 Å². The predicted molar refractivity (Wildman–Crippen MR) is 115 cm³/mol. The van der Waals surface area contributed by atoms with Crippen LogP contribution in [0.5, 0.6) is 0 Å². The molecule has 2 rings (SSSR count). The third kappa shape index (κ3) is 9.29. The first kappa shape index (κ1) is 23.9. The van der Waals surface area contributed by atoms with Crippen molar-refractivity contribution in [3.8, 4) is 0 Å². The molecule has 0 saturated carbocycles. The lowest BCUT2D eigenvalue weighted by Crippen LogP contribution is -2.54. The number of carbonyl (C=O) groups excluding carboxylic acids is 1. The minimum Gasteiger partial charge on any atom is -0.383 e. The van der Waals surface area contributed by atoms with Crippen molar-refractivity contribution < 1.29 is 14.3 Å². The average Bonchev–Trinajstić information content (AvgIpc) is 2.73. The molecule has 0 radical (unpaired) electrons. The zero-order chi connectivity index (χ0) is 20.9. The maximum Gasteiger partial charge on any atom is 0.234 e. The number of hydrogen-bond acceptors (Lipinski definition) is 6. The molecule has 0 aromatic rings. The molecule has 0 aromatic carbocycles. The SMILES string of the molecule is CCNC(=NCC(C)CN1CCOCC1)N1CCN(CC(=O)NCCOC)CC1. The maximum absolute atomic E-state index is 12.0. The van der Waals surface area contributed by atoms with Crippen molar-refractivity contribution in [2.45, 2.75) is 13.8 Å². The predicted octanol–water partition coefficient (Wildman–Crippen LogP) is -0.700. The van der Waals surface area contributed by atoms with Gasteiger partial charge in [-0.3, -0.25) is 19.6 Å². The maximum atomic E-state index is 12.0. The van der Waals surface area contributed by atoms with Gasteiger partial charge in [0, 0.05) is 72.6 Å². The van der Waals surface area contributed by atoms with Crippen molar-refractivity contribution in [3.63, 3.8) is 0 Å². The van der Waals surface area contributed by atoms with Gasteiger partial charge in [-0.1, -0.05) is 6.92 Å². The van der Waals surface area contributed by atoms with Crippen LogP contribution >= 0.6 is 0 Å². The Kier molecular flexibility index (Phi) is 11.3. The van der Waals surface area contributed by atoms with Crippen LogP contribution in [0.25, 0.3) is 0 Å². The van der Waals surface area contributed by atoms with Gasteiger partial charge in [0.25, 0.3) is 0 Å². The molecule has 9 nitrogen and oxygen atoms in total. The van der Waals surface area contributed by atoms with Gasteiger partial charge < -0.3 is 25.0 Å². The number of ether oxygens (including phenoxy) is 2. The molecule has 168 valence electrons. The van der Waals surface area contributed by atoms with Gasteiger partial charge in [0.2, 0.25) is 5.91 Å². The summed E-state index contributed by atoms with van der Waals surface area (Å²) in [4.78, 5) is 23.8. The fraction of sp³-hybridized carbons (Fsp3) is 0.900. The average molecular weight is 413 g/mol. The Labute approximate surface area is 175 Å². The summed E-state index contributed by atoms with van der Waals surface area (Å²) < 4.78 is 10.4. The lowest BCUT2D eigenvalue weighted by Gasteiger charge is -2.36. The molecule has 29 heavy (non-hydrogen) atoms. The smallest absolute Gasteiger partial charge is 0.234 e. The van der Waals surface area contributed by atoms with Gasteiger partial charge in [-0.05, 0) is 12.8 Å². The van der Waals surface area contributed by atoms with Crippen LogP contribution in [0.3, 0.4) is 0 Å². The molecule has 0 bridgehead atoms. The van der Waals surface area contributed by atoms with Crippen LogP contribution in [0.1, 0.15) is 13.8 Å². The summed E-state index contributed by atoms with van der Waals surface area (Å²) in [7, 11) is 1.64. The van der Waals surface area contributed by atoms with E-state index in [1.165, 1.54) is 0 Å². The molecule has 2 aliphatic heterocycles. The number of guanidine groups is 1. The van der Waals surface area contributed by atoms with Gasteiger partial charge in [0.15, 0.2) is 5.96 Å². The monoisotopic (exact) mass is 412 g/mol. The third-order valence-corrected chi connectivity index (χ3v) is 5.23. The largest absolute Gasteiger partial charge is 0.383 e. The molecular formula is C20H40N6O3. The Morgan fingerprint density at radius 1 is 1.10 bits per heavy atom. The molecule has 1 amide bonds. The lowest BCUT2D eigenvalue weighted by atomic mass is 10.1. The van der Waals surface area contributed by atoms with E-state index < -0.39 is 0 Å². The standard InChI is InChI=1S/C20H40N6O3/c1-4-21-20(23-15-18(2)16-25-10-13-29-14-11-25)26-8-6-24(7-9-26)17-19(27)22-5-12-28-3/h18H,4-17H2,1-3H3,(H,21,23)(H,22,27). The van der Waals surface area contributed by atoms with Crippen LogP contribution in [-0.2, 0) is 14.3 Å². The third-order valence-electron chi connectivity index (χ3n) is 5.23. The minimum atomic E-state index is 0.0630. The van der Waals surface area contributed by atoms with Gasteiger partial charge in [-0.15, -0.1) is 0 Å². The van der Waals surface area contributed by atoms with E-state index in [4.69, 9.17) is 14.5 Å². The molecule has 2 aliphatic rings. The van der Waals surface area contributed by atoms with E-state index in [9.17, 15) is 4.79 Å². The highest BCUT2D eigenvalue weighted by Gasteiger charge is 2.21. The molecule has 1 unspecified atom stereocenters. The fourth-order valence-electron chi connectivity index (χ4n) is 3.62. The van der Waals surface area contributed by atoms with E-state index in [2.05, 4.69) is 39.2 Å². The van der Waals surface area contributed by atoms with Crippen molar-refractivity contribution in [1.82, 2.24) is 25.3 Å². The second kappa shape index (κ2) is 13.7. The Bertz CT molecular complexity index is 491. The summed E-state index contributed by atoms with van der Waals surface area (Å²) >= 11 is 0. The number of amides is 1. The molecule has 2 fully saturated rings. The number of nitrogens with one attached hydrogen (secondary N) is 2. The highest BCUT2D eigenvalue weighted by molar-refractivity contribution is 5.80. The number of carbonyl (C=O) groups is 1. The topological polar surface area (TPSA) is 81.7 Å². The van der Waals surface area contributed by atoms with Gasteiger partial charge in [0.05, 0.1) is 26.4 Å². The quantitative estimate of drug-likeness (QED) is 0.279. The molecule has 2 N–H and O–H groups in total. The second-order valence-electron chi connectivity index (χ2n) is 7.82. The molecule has 2 heterocycles. The molecular weight excluding hydrogens is 372 g/mol. The first-order valence-corrected chi connectivity index (χ1v) is 10.9. The summed E-state index contributed by atoms with van der Waals surface area (Å²) in [5.74, 6) is 1.57. The van der Waals surface area contributed by atoms with E-state index in [1.54, 1.807) is 7.11 Å². The number of morpholine rings is 1. The van der Waals surface area contributed by atoms with Crippen LogP contribution in [-0.4, -0.2) is 125 Å². The minimum absolute atomic E-state index is 0.0630. The van der Waals surface area contributed by atoms with Crippen molar-refractivity contribution >= 4 is 11.9 Å².